The Morgan fingerprint density at radius 2 is 1.15 bits per heavy atom. The van der Waals surface area contributed by atoms with Crippen molar-refractivity contribution in [2.45, 2.75) is 132 Å². The van der Waals surface area contributed by atoms with E-state index in [0.717, 1.165) is 4.90 Å². The number of carboxylic acid groups (broad SMARTS) is 2. The first-order chi connectivity index (χ1) is 34.5. The minimum absolute atomic E-state index is 0.0390. The SMILES string of the molecule is NCCCC[C@H](NC(=O)[C@@H]1CCCN1C(=O)[C@H](CC(=O)O)NC(=O)CN)C(=O)N[C@@H](Cc1cnc[nH]1)C(=O)N1CCC[C@H]1C(=O)N[C@@H](CCCCN)C(=O)N[C@@H](CO)C(=O)N[C@@H](Cc1ccccc1)C(=O)O. The van der Waals surface area contributed by atoms with Crippen molar-refractivity contribution in [1.82, 2.24) is 51.7 Å². The van der Waals surface area contributed by atoms with Crippen molar-refractivity contribution in [2.24, 2.45) is 17.2 Å². The van der Waals surface area contributed by atoms with Gasteiger partial charge in [0.2, 0.25) is 47.3 Å². The fourth-order valence-corrected chi connectivity index (χ4v) is 8.57. The smallest absolute Gasteiger partial charge is 0.326 e. The highest BCUT2D eigenvalue weighted by Crippen LogP contribution is 2.22. The van der Waals surface area contributed by atoms with E-state index in [9.17, 15) is 63.3 Å². The molecule has 0 aliphatic carbocycles. The number of benzene rings is 1. The highest BCUT2D eigenvalue weighted by Gasteiger charge is 2.42. The fraction of sp³-hybridized carbons (Fsp3) is 0.587. The second-order valence-corrected chi connectivity index (χ2v) is 17.7. The van der Waals surface area contributed by atoms with Crippen LogP contribution in [0.15, 0.2) is 42.9 Å². The molecule has 1 aromatic heterocycles. The van der Waals surface area contributed by atoms with E-state index in [1.165, 1.54) is 17.4 Å². The van der Waals surface area contributed by atoms with Gasteiger partial charge in [-0.3, -0.25) is 43.2 Å². The number of likely N-dealkylation sites (tertiary alicyclic amines) is 2. The summed E-state index contributed by atoms with van der Waals surface area (Å²) in [5.74, 6) is -9.07. The number of nitrogens with one attached hydrogen (secondary N) is 7. The van der Waals surface area contributed by atoms with Crippen LogP contribution in [0.5, 0.6) is 0 Å². The number of carbonyl (C=O) groups excluding carboxylic acids is 8. The Kier molecular flexibility index (Phi) is 23.5. The van der Waals surface area contributed by atoms with Gasteiger partial charge in [-0.1, -0.05) is 30.3 Å². The number of nitrogens with zero attached hydrogens (tertiary/aromatic N) is 3. The number of hydrogen-bond donors (Lipinski definition) is 13. The summed E-state index contributed by atoms with van der Waals surface area (Å²) in [6.45, 7) is -0.754. The van der Waals surface area contributed by atoms with E-state index in [4.69, 9.17) is 17.2 Å². The molecule has 0 radical (unpaired) electrons. The molecule has 0 saturated carbocycles. The average molecular weight is 1010 g/mol. The van der Waals surface area contributed by atoms with Gasteiger partial charge >= 0.3 is 11.9 Å². The van der Waals surface area contributed by atoms with Crippen LogP contribution in [0, 0.1) is 0 Å². The molecule has 4 rings (SSSR count). The maximum Gasteiger partial charge on any atom is 0.326 e. The summed E-state index contributed by atoms with van der Waals surface area (Å²) in [7, 11) is 0. The Morgan fingerprint density at radius 1 is 0.639 bits per heavy atom. The van der Waals surface area contributed by atoms with E-state index in [2.05, 4.69) is 41.9 Å². The molecule has 2 saturated heterocycles. The number of aliphatic carboxylic acids is 2. The second-order valence-electron chi connectivity index (χ2n) is 17.7. The molecule has 8 amide bonds. The summed E-state index contributed by atoms with van der Waals surface area (Å²) in [6.07, 6.45) is 4.60. The lowest BCUT2D eigenvalue weighted by atomic mass is 10.0. The molecule has 396 valence electrons. The summed E-state index contributed by atoms with van der Waals surface area (Å²) in [6, 6.07) is -2.17. The van der Waals surface area contributed by atoms with E-state index in [0.29, 0.717) is 49.8 Å². The molecular formula is C46H69N13O13. The lowest BCUT2D eigenvalue weighted by Gasteiger charge is -2.31. The van der Waals surface area contributed by atoms with E-state index >= 15 is 0 Å². The first kappa shape index (κ1) is 57.5. The van der Waals surface area contributed by atoms with Crippen LogP contribution >= 0.6 is 0 Å². The first-order valence-electron chi connectivity index (χ1n) is 24.1. The van der Waals surface area contributed by atoms with Crippen LogP contribution in [0.2, 0.25) is 0 Å². The van der Waals surface area contributed by atoms with Crippen LogP contribution in [0.1, 0.15) is 81.9 Å². The number of imidazole rings is 1. The van der Waals surface area contributed by atoms with Gasteiger partial charge < -0.3 is 79.2 Å². The number of unbranched alkanes of at least 4 members (excludes halogenated alkanes) is 2. The fourth-order valence-electron chi connectivity index (χ4n) is 8.57. The highest BCUT2D eigenvalue weighted by molar-refractivity contribution is 5.99. The van der Waals surface area contributed by atoms with Crippen molar-refractivity contribution in [3.8, 4) is 0 Å². The number of aliphatic hydroxyl groups is 1. The van der Waals surface area contributed by atoms with E-state index < -0.39 is 127 Å². The van der Waals surface area contributed by atoms with Gasteiger partial charge in [-0.15, -0.1) is 0 Å². The van der Waals surface area contributed by atoms with Gasteiger partial charge in [-0.05, 0) is 82.9 Å². The van der Waals surface area contributed by atoms with Crippen molar-refractivity contribution >= 4 is 59.2 Å². The third-order valence-corrected chi connectivity index (χ3v) is 12.3. The van der Waals surface area contributed by atoms with Gasteiger partial charge in [0.1, 0.15) is 48.3 Å². The molecule has 8 atom stereocenters. The molecule has 72 heavy (non-hydrogen) atoms. The van der Waals surface area contributed by atoms with Gasteiger partial charge in [0, 0.05) is 37.8 Å². The molecule has 0 spiro atoms. The highest BCUT2D eigenvalue weighted by atomic mass is 16.4. The van der Waals surface area contributed by atoms with Gasteiger partial charge in [0.15, 0.2) is 0 Å². The molecule has 2 fully saturated rings. The normalized spacial score (nSPS) is 17.8. The lowest BCUT2D eigenvalue weighted by molar-refractivity contribution is -0.146. The number of carbonyl (C=O) groups is 10. The molecule has 2 aliphatic rings. The van der Waals surface area contributed by atoms with Crippen LogP contribution in [0.25, 0.3) is 0 Å². The third kappa shape index (κ3) is 17.4. The summed E-state index contributed by atoms with van der Waals surface area (Å²) in [5.41, 5.74) is 17.9. The number of aliphatic hydroxyl groups excluding tert-OH is 1. The zero-order chi connectivity index (χ0) is 52.7. The summed E-state index contributed by atoms with van der Waals surface area (Å²) in [5, 5.41) is 44.6. The van der Waals surface area contributed by atoms with Gasteiger partial charge in [-0.2, -0.15) is 0 Å². The van der Waals surface area contributed by atoms with Gasteiger partial charge in [0.25, 0.3) is 0 Å². The van der Waals surface area contributed by atoms with Crippen molar-refractivity contribution < 1.29 is 63.3 Å². The van der Waals surface area contributed by atoms with Gasteiger partial charge in [-0.25, -0.2) is 9.78 Å². The van der Waals surface area contributed by atoms with Crippen molar-refractivity contribution in [2.75, 3.05) is 39.3 Å². The van der Waals surface area contributed by atoms with Crippen LogP contribution in [-0.4, -0.2) is 182 Å². The minimum Gasteiger partial charge on any atom is -0.481 e. The number of aromatic nitrogens is 2. The number of carboxylic acids is 2. The zero-order valence-electron chi connectivity index (χ0n) is 40.1. The first-order valence-corrected chi connectivity index (χ1v) is 24.1. The molecule has 0 unspecified atom stereocenters. The maximum atomic E-state index is 14.6. The molecular weight excluding hydrogens is 943 g/mol. The van der Waals surface area contributed by atoms with E-state index in [1.54, 1.807) is 30.3 Å². The molecule has 26 nitrogen and oxygen atoms in total. The average Bonchev–Trinajstić information content (AvgIpc) is 4.18. The van der Waals surface area contributed by atoms with Crippen molar-refractivity contribution in [1.29, 1.82) is 0 Å². The molecule has 1 aromatic carbocycles. The predicted octanol–water partition coefficient (Wildman–Crippen LogP) is -4.15. The lowest BCUT2D eigenvalue weighted by Crippen LogP contribution is -2.60. The third-order valence-electron chi connectivity index (χ3n) is 12.3. The van der Waals surface area contributed by atoms with E-state index in [-0.39, 0.29) is 64.7 Å². The molecule has 16 N–H and O–H groups in total. The minimum atomic E-state index is -1.60. The number of amides is 8. The Balaban J connectivity index is 1.51. The summed E-state index contributed by atoms with van der Waals surface area (Å²) < 4.78 is 0. The van der Waals surface area contributed by atoms with Crippen LogP contribution in [0.3, 0.4) is 0 Å². The van der Waals surface area contributed by atoms with Crippen molar-refractivity contribution in [3.63, 3.8) is 0 Å². The summed E-state index contributed by atoms with van der Waals surface area (Å²) in [4.78, 5) is 143. The Labute approximate surface area is 415 Å². The van der Waals surface area contributed by atoms with Crippen LogP contribution in [-0.2, 0) is 60.8 Å². The van der Waals surface area contributed by atoms with Crippen molar-refractivity contribution in [3.05, 3.63) is 54.1 Å². The molecule has 26 heteroatoms. The zero-order valence-corrected chi connectivity index (χ0v) is 40.1. The number of aromatic amines is 1. The number of nitrogens with two attached hydrogens (primary N) is 3. The standard InChI is InChI=1S/C46H69N13O13/c47-16-6-4-12-29(53-43(68)36-15-9-19-59(36)45(70)32(22-38(62)63)52-37(61)23-49)39(64)55-31(21-28-24-50-26-51-28)44(69)58-18-8-14-35(58)42(67)54-30(13-5-7-17-48)40(65)57-34(25-60)41(66)56-33(46(71)72)20-27-10-2-1-3-11-27/h1-3,10-11,24,26,29-36,60H,4-9,12-23,25,47-49H2,(H,50,51)(H,52,61)(H,53,68)(H,54,67)(H,55,64)(H,56,66)(H,57,65)(H,62,63)(H,71,72)/t29-,30-,31-,32-,33-,34-,35-,36-/m0/s1. The van der Waals surface area contributed by atoms with Crippen LogP contribution in [0.4, 0.5) is 0 Å². The van der Waals surface area contributed by atoms with E-state index in [1.807, 2.05) is 0 Å². The second kappa shape index (κ2) is 29.3. The topological polar surface area (TPSA) is 417 Å². The number of hydrogen-bond acceptors (Lipinski definition) is 15. The molecule has 3 heterocycles. The quantitative estimate of drug-likeness (QED) is 0.0331. The molecule has 2 aliphatic heterocycles. The number of H-pyrrole nitrogens is 1. The predicted molar refractivity (Wildman–Crippen MR) is 255 cm³/mol. The Morgan fingerprint density at radius 3 is 1.62 bits per heavy atom. The Hall–Kier alpha value is -7.03. The monoisotopic (exact) mass is 1010 g/mol. The largest absolute Gasteiger partial charge is 0.481 e. The van der Waals surface area contributed by atoms with Gasteiger partial charge in [0.05, 0.1) is 25.9 Å². The maximum absolute atomic E-state index is 14.6. The number of rotatable bonds is 30. The van der Waals surface area contributed by atoms with Crippen LogP contribution < -0.4 is 49.1 Å². The Bertz CT molecular complexity index is 2170. The molecule has 0 bridgehead atoms. The summed E-state index contributed by atoms with van der Waals surface area (Å²) >= 11 is 0. The molecule has 2 aromatic rings.